The van der Waals surface area contributed by atoms with Crippen LogP contribution in [0.1, 0.15) is 43.0 Å². The summed E-state index contributed by atoms with van der Waals surface area (Å²) >= 11 is 6.06. The highest BCUT2D eigenvalue weighted by atomic mass is 35.5. The van der Waals surface area contributed by atoms with E-state index in [0.29, 0.717) is 28.5 Å². The van der Waals surface area contributed by atoms with Crippen molar-refractivity contribution in [3.63, 3.8) is 0 Å². The summed E-state index contributed by atoms with van der Waals surface area (Å²) in [5, 5.41) is 21.8. The first-order chi connectivity index (χ1) is 10.4. The third-order valence-electron chi connectivity index (χ3n) is 3.86. The van der Waals surface area contributed by atoms with Crippen molar-refractivity contribution in [1.29, 1.82) is 5.26 Å². The molecule has 0 amide bonds. The van der Waals surface area contributed by atoms with Crippen molar-refractivity contribution >= 4 is 11.6 Å². The van der Waals surface area contributed by atoms with Crippen LogP contribution in [-0.2, 0) is 0 Å². The van der Waals surface area contributed by atoms with Crippen LogP contribution in [-0.4, -0.2) is 5.60 Å². The molecule has 0 saturated heterocycles. The van der Waals surface area contributed by atoms with E-state index in [1.807, 2.05) is 13.8 Å². The largest absolute Gasteiger partial charge is 0.618 e. The van der Waals surface area contributed by atoms with E-state index in [1.54, 1.807) is 30.3 Å². The summed E-state index contributed by atoms with van der Waals surface area (Å²) in [6.07, 6.45) is 2.05. The zero-order valence-corrected chi connectivity index (χ0v) is 13.1. The third kappa shape index (κ3) is 2.60. The minimum absolute atomic E-state index is 0.164. The fourth-order valence-electron chi connectivity index (χ4n) is 2.92. The summed E-state index contributed by atoms with van der Waals surface area (Å²) in [4.78, 5) is 0. The van der Waals surface area contributed by atoms with Crippen LogP contribution in [0.3, 0.4) is 0 Å². The maximum Gasteiger partial charge on any atom is 0.202 e. The molecule has 1 atom stereocenters. The molecule has 3 rings (SSSR count). The first kappa shape index (κ1) is 14.7. The first-order valence-electron chi connectivity index (χ1n) is 7.01. The molecular formula is C17H15ClN2O2. The Balaban J connectivity index is 2.19. The number of nitriles is 1. The van der Waals surface area contributed by atoms with Crippen LogP contribution in [0.15, 0.2) is 36.5 Å². The molecule has 22 heavy (non-hydrogen) atoms. The molecule has 0 N–H and O–H groups in total. The van der Waals surface area contributed by atoms with Gasteiger partial charge in [-0.15, -0.1) is 0 Å². The van der Waals surface area contributed by atoms with Gasteiger partial charge >= 0.3 is 0 Å². The number of benzene rings is 1. The van der Waals surface area contributed by atoms with Crippen LogP contribution in [0.5, 0.6) is 5.75 Å². The van der Waals surface area contributed by atoms with Gasteiger partial charge in [0.1, 0.15) is 11.4 Å². The number of nitrogens with zero attached hydrogens (tertiary/aromatic N) is 2. The highest BCUT2D eigenvalue weighted by Gasteiger charge is 2.38. The number of hydrogen-bond acceptors (Lipinski definition) is 3. The molecule has 0 spiro atoms. The Labute approximate surface area is 134 Å². The van der Waals surface area contributed by atoms with E-state index < -0.39 is 5.60 Å². The van der Waals surface area contributed by atoms with Crippen LogP contribution < -0.4 is 9.47 Å². The lowest BCUT2D eigenvalue weighted by atomic mass is 9.81. The van der Waals surface area contributed by atoms with Gasteiger partial charge in [0.25, 0.3) is 0 Å². The molecule has 1 aliphatic heterocycles. The van der Waals surface area contributed by atoms with Gasteiger partial charge < -0.3 is 9.94 Å². The normalized spacial score (nSPS) is 18.9. The van der Waals surface area contributed by atoms with Crippen molar-refractivity contribution < 1.29 is 9.47 Å². The number of aromatic nitrogens is 1. The molecule has 4 nitrogen and oxygen atoms in total. The molecule has 0 radical (unpaired) electrons. The number of ether oxygens (including phenoxy) is 1. The predicted molar refractivity (Wildman–Crippen MR) is 82.7 cm³/mol. The van der Waals surface area contributed by atoms with E-state index >= 15 is 0 Å². The van der Waals surface area contributed by atoms with Gasteiger partial charge in [0.15, 0.2) is 6.20 Å². The lowest BCUT2D eigenvalue weighted by molar-refractivity contribution is -0.615. The molecule has 0 saturated carbocycles. The number of halogens is 1. The van der Waals surface area contributed by atoms with Crippen LogP contribution in [0.4, 0.5) is 0 Å². The molecule has 1 unspecified atom stereocenters. The summed E-state index contributed by atoms with van der Waals surface area (Å²) < 4.78 is 6.82. The monoisotopic (exact) mass is 314 g/mol. The average Bonchev–Trinajstić information content (AvgIpc) is 2.47. The number of rotatable bonds is 1. The standard InChI is InChI=1S/C17H15ClN2O2/c1-17(2)9-14(15-8-12(18)5-6-20(15)21)13-7-11(10-19)3-4-16(13)22-17/h3-8,14H,9H2,1-2H3. The van der Waals surface area contributed by atoms with E-state index in [9.17, 15) is 5.21 Å². The molecule has 2 aromatic rings. The van der Waals surface area contributed by atoms with Crippen molar-refractivity contribution in [1.82, 2.24) is 0 Å². The number of hydrogen-bond donors (Lipinski definition) is 0. The third-order valence-corrected chi connectivity index (χ3v) is 4.10. The molecule has 1 aliphatic rings. The van der Waals surface area contributed by atoms with Crippen LogP contribution in [0, 0.1) is 16.5 Å². The fraction of sp³-hybridized carbons (Fsp3) is 0.294. The summed E-state index contributed by atoms with van der Waals surface area (Å²) in [5.41, 5.74) is 1.57. The number of pyridine rings is 1. The summed E-state index contributed by atoms with van der Waals surface area (Å²) in [6.45, 7) is 3.97. The molecular weight excluding hydrogens is 300 g/mol. The van der Waals surface area contributed by atoms with Gasteiger partial charge in [-0.25, -0.2) is 0 Å². The van der Waals surface area contributed by atoms with E-state index in [2.05, 4.69) is 6.07 Å². The molecule has 0 aliphatic carbocycles. The van der Waals surface area contributed by atoms with Crippen molar-refractivity contribution in [3.05, 3.63) is 63.6 Å². The Morgan fingerprint density at radius 2 is 2.14 bits per heavy atom. The zero-order chi connectivity index (χ0) is 15.9. The maximum absolute atomic E-state index is 12.2. The lowest BCUT2D eigenvalue weighted by Crippen LogP contribution is -2.40. The Morgan fingerprint density at radius 3 is 2.86 bits per heavy atom. The van der Waals surface area contributed by atoms with Gasteiger partial charge in [0.05, 0.1) is 22.6 Å². The summed E-state index contributed by atoms with van der Waals surface area (Å²) in [5.74, 6) is 0.545. The Kier molecular flexibility index (Phi) is 3.46. The van der Waals surface area contributed by atoms with Crippen molar-refractivity contribution in [3.8, 4) is 11.8 Å². The zero-order valence-electron chi connectivity index (χ0n) is 12.3. The first-order valence-corrected chi connectivity index (χ1v) is 7.39. The second-order valence-electron chi connectivity index (χ2n) is 6.08. The van der Waals surface area contributed by atoms with Gasteiger partial charge in [-0.3, -0.25) is 0 Å². The van der Waals surface area contributed by atoms with Gasteiger partial charge in [0, 0.05) is 24.1 Å². The van der Waals surface area contributed by atoms with E-state index in [0.717, 1.165) is 10.3 Å². The minimum Gasteiger partial charge on any atom is -0.618 e. The number of fused-ring (bicyclic) bond motifs is 1. The van der Waals surface area contributed by atoms with Gasteiger partial charge in [0.2, 0.25) is 5.69 Å². The smallest absolute Gasteiger partial charge is 0.202 e. The molecule has 1 aromatic carbocycles. The minimum atomic E-state index is -0.402. The quantitative estimate of drug-likeness (QED) is 0.597. The SMILES string of the molecule is CC1(C)CC(c2cc(Cl)cc[n+]2[O-])c2cc(C#N)ccc2O1. The van der Waals surface area contributed by atoms with Crippen LogP contribution in [0.2, 0.25) is 5.02 Å². The molecule has 112 valence electrons. The molecule has 5 heteroatoms. The average molecular weight is 315 g/mol. The lowest BCUT2D eigenvalue weighted by Gasteiger charge is -2.36. The Morgan fingerprint density at radius 1 is 1.36 bits per heavy atom. The second-order valence-corrected chi connectivity index (χ2v) is 6.51. The van der Waals surface area contributed by atoms with Gasteiger partial charge in [-0.05, 0) is 32.0 Å². The van der Waals surface area contributed by atoms with Gasteiger partial charge in [-0.2, -0.15) is 9.99 Å². The molecule has 0 fully saturated rings. The van der Waals surface area contributed by atoms with Crippen molar-refractivity contribution in [2.75, 3.05) is 0 Å². The van der Waals surface area contributed by atoms with E-state index in [-0.39, 0.29) is 5.92 Å². The molecule has 1 aromatic heterocycles. The summed E-state index contributed by atoms with van der Waals surface area (Å²) in [7, 11) is 0. The van der Waals surface area contributed by atoms with Crippen molar-refractivity contribution in [2.24, 2.45) is 0 Å². The van der Waals surface area contributed by atoms with Crippen LogP contribution in [0.25, 0.3) is 0 Å². The van der Waals surface area contributed by atoms with Crippen LogP contribution >= 0.6 is 11.6 Å². The Hall–Kier alpha value is -2.25. The Bertz CT molecular complexity index is 781. The van der Waals surface area contributed by atoms with E-state index in [1.165, 1.54) is 6.20 Å². The second kappa shape index (κ2) is 5.19. The fourth-order valence-corrected chi connectivity index (χ4v) is 3.09. The highest BCUT2D eigenvalue weighted by Crippen LogP contribution is 2.43. The molecule has 2 heterocycles. The van der Waals surface area contributed by atoms with E-state index in [4.69, 9.17) is 21.6 Å². The summed E-state index contributed by atoms with van der Waals surface area (Å²) in [6, 6.07) is 10.7. The molecule has 0 bridgehead atoms. The van der Waals surface area contributed by atoms with Gasteiger partial charge in [-0.1, -0.05) is 11.6 Å². The topological polar surface area (TPSA) is 60.0 Å². The predicted octanol–water partition coefficient (Wildman–Crippen LogP) is 3.54. The van der Waals surface area contributed by atoms with Crippen molar-refractivity contribution in [2.45, 2.75) is 31.8 Å². The maximum atomic E-state index is 12.2. The highest BCUT2D eigenvalue weighted by molar-refractivity contribution is 6.30.